The summed E-state index contributed by atoms with van der Waals surface area (Å²) < 4.78 is 64.7. The van der Waals surface area contributed by atoms with E-state index >= 15 is 0 Å². The zero-order valence-corrected chi connectivity index (χ0v) is 26.7. The van der Waals surface area contributed by atoms with Crippen LogP contribution in [0.3, 0.4) is 0 Å². The lowest BCUT2D eigenvalue weighted by Crippen LogP contribution is -2.45. The van der Waals surface area contributed by atoms with Gasteiger partial charge in [-0.3, -0.25) is 4.79 Å². The Kier molecular flexibility index (Phi) is 10.7. The molecule has 0 bridgehead atoms. The second-order valence-electron chi connectivity index (χ2n) is 10.9. The van der Waals surface area contributed by atoms with Gasteiger partial charge in [-0.15, -0.1) is 0 Å². The Morgan fingerprint density at radius 1 is 1.16 bits per heavy atom. The van der Waals surface area contributed by atoms with Gasteiger partial charge in [-0.2, -0.15) is 17.5 Å². The molecule has 0 saturated carbocycles. The molecule has 0 radical (unpaired) electrons. The second-order valence-corrected chi connectivity index (χ2v) is 12.8. The molecular formula is C27H29Cl2F3N4O8S. The lowest BCUT2D eigenvalue weighted by atomic mass is 9.86. The first-order chi connectivity index (χ1) is 20.6. The minimum Gasteiger partial charge on any atom is -0.464 e. The summed E-state index contributed by atoms with van der Waals surface area (Å²) in [5.74, 6) is -0.659. The maximum absolute atomic E-state index is 14.2. The molecule has 2 aromatic carbocycles. The van der Waals surface area contributed by atoms with Crippen LogP contribution in [0.25, 0.3) is 0 Å². The number of benzene rings is 2. The summed E-state index contributed by atoms with van der Waals surface area (Å²) in [7, 11) is 0. The molecule has 0 aromatic heterocycles. The number of primary amides is 1. The fourth-order valence-electron chi connectivity index (χ4n) is 4.31. The minimum atomic E-state index is -4.86. The quantitative estimate of drug-likeness (QED) is 0.360. The van der Waals surface area contributed by atoms with Gasteiger partial charge in [0, 0.05) is 27.6 Å². The number of hydrogen-bond donors (Lipinski definition) is 3. The number of carbonyl (C=O) groups excluding carboxylic acids is 2. The molecule has 1 saturated heterocycles. The smallest absolute Gasteiger partial charge is 0.435 e. The van der Waals surface area contributed by atoms with Crippen LogP contribution >= 0.6 is 23.2 Å². The number of nitrogens with zero attached hydrogens (tertiary/aromatic N) is 2. The Hall–Kier alpha value is -3.60. The topological polar surface area (TPSA) is 170 Å². The van der Waals surface area contributed by atoms with Gasteiger partial charge in [-0.25, -0.2) is 18.0 Å². The van der Waals surface area contributed by atoms with E-state index in [-0.39, 0.29) is 32.4 Å². The van der Waals surface area contributed by atoms with Gasteiger partial charge in [-0.05, 0) is 76.1 Å². The van der Waals surface area contributed by atoms with E-state index in [0.717, 1.165) is 12.1 Å². The molecule has 18 heteroatoms. The number of rotatable bonds is 4. The average Bonchev–Trinajstić information content (AvgIpc) is 3.44. The minimum absolute atomic E-state index is 0.00486. The molecule has 2 aromatic rings. The molecule has 3 amide bonds. The number of ether oxygens (including phenoxy) is 1. The number of oxime groups is 1. The van der Waals surface area contributed by atoms with Crippen molar-refractivity contribution in [3.63, 3.8) is 0 Å². The molecule has 2 heterocycles. The van der Waals surface area contributed by atoms with E-state index in [1.165, 1.54) is 31.2 Å². The van der Waals surface area contributed by atoms with E-state index in [1.807, 2.05) is 0 Å². The fraction of sp³-hybridized carbons (Fsp3) is 0.407. The van der Waals surface area contributed by atoms with Crippen molar-refractivity contribution in [1.29, 1.82) is 0 Å². The number of alkyl halides is 3. The van der Waals surface area contributed by atoms with E-state index < -0.39 is 65.4 Å². The largest absolute Gasteiger partial charge is 0.464 e. The predicted molar refractivity (Wildman–Crippen MR) is 158 cm³/mol. The van der Waals surface area contributed by atoms with Crippen LogP contribution in [0.1, 0.15) is 61.2 Å². The first-order valence-electron chi connectivity index (χ1n) is 12.9. The van der Waals surface area contributed by atoms with Crippen molar-refractivity contribution in [2.45, 2.75) is 70.7 Å². The number of aryl methyl sites for hydroxylation is 1. The molecular weight excluding hydrogens is 668 g/mol. The number of nitrogens with two attached hydrogens (primary N) is 1. The van der Waals surface area contributed by atoms with Gasteiger partial charge in [0.15, 0.2) is 6.23 Å². The first kappa shape index (κ1) is 35.9. The fourth-order valence-corrected chi connectivity index (χ4v) is 5.82. The molecule has 0 aliphatic carbocycles. The number of amides is 3. The van der Waals surface area contributed by atoms with E-state index in [1.54, 1.807) is 27.7 Å². The van der Waals surface area contributed by atoms with Gasteiger partial charge in [0.05, 0.1) is 11.8 Å². The van der Waals surface area contributed by atoms with Gasteiger partial charge in [0.1, 0.15) is 5.60 Å². The van der Waals surface area contributed by atoms with Crippen molar-refractivity contribution in [3.05, 3.63) is 68.7 Å². The van der Waals surface area contributed by atoms with Crippen LogP contribution in [-0.2, 0) is 30.6 Å². The van der Waals surface area contributed by atoms with Crippen molar-refractivity contribution in [1.82, 2.24) is 9.62 Å². The molecule has 2 aliphatic rings. The molecule has 12 nitrogen and oxygen atoms in total. The summed E-state index contributed by atoms with van der Waals surface area (Å²) >= 11 is 9.56. The van der Waals surface area contributed by atoms with E-state index in [4.69, 9.17) is 43.1 Å². The molecule has 4 atom stereocenters. The predicted octanol–water partition coefficient (Wildman–Crippen LogP) is 5.80. The number of hydrogen-bond acceptors (Lipinski definition) is 8. The summed E-state index contributed by atoms with van der Waals surface area (Å²) in [5, 5.41) is 15.3. The van der Waals surface area contributed by atoms with Crippen LogP contribution in [0.15, 0.2) is 41.6 Å². The molecule has 4 unspecified atom stereocenters. The first-order valence-corrected chi connectivity index (χ1v) is 14.7. The van der Waals surface area contributed by atoms with Crippen LogP contribution < -0.4 is 11.1 Å². The molecule has 4 rings (SSSR count). The van der Waals surface area contributed by atoms with Crippen LogP contribution in [0.2, 0.25) is 10.0 Å². The van der Waals surface area contributed by atoms with Gasteiger partial charge in [0.2, 0.25) is 0 Å². The Morgan fingerprint density at radius 2 is 1.76 bits per heavy atom. The molecule has 2 aliphatic heterocycles. The summed E-state index contributed by atoms with van der Waals surface area (Å²) in [4.78, 5) is 39.0. The number of carboxylic acid groups (broad SMARTS) is 1. The SMILES string of the molecule is CC(C)(C)OC(N)=O.Cc1cc(C2=NOC(c3cc(Cl)cc(Cl)c3)(C(F)(F)F)C2)ccc1C(=O)NC1OS(=O)N(C(=O)O)C1C. The Bertz CT molecular complexity index is 1530. The zero-order valence-electron chi connectivity index (χ0n) is 24.4. The lowest BCUT2D eigenvalue weighted by molar-refractivity contribution is -0.275. The Balaban J connectivity index is 0.000000610. The average molecular weight is 698 g/mol. The molecule has 246 valence electrons. The molecule has 45 heavy (non-hydrogen) atoms. The maximum Gasteiger partial charge on any atom is 0.435 e. The van der Waals surface area contributed by atoms with Crippen LogP contribution in [0.4, 0.5) is 22.8 Å². The lowest BCUT2D eigenvalue weighted by Gasteiger charge is -2.29. The number of nitrogens with one attached hydrogen (secondary N) is 1. The third-order valence-corrected chi connectivity index (χ3v) is 7.96. The van der Waals surface area contributed by atoms with Crippen molar-refractivity contribution in [2.75, 3.05) is 0 Å². The second kappa shape index (κ2) is 13.4. The number of carbonyl (C=O) groups is 3. The van der Waals surface area contributed by atoms with Gasteiger partial charge < -0.3 is 25.7 Å². The molecule has 4 N–H and O–H groups in total. The maximum atomic E-state index is 14.2. The van der Waals surface area contributed by atoms with Crippen molar-refractivity contribution < 1.29 is 50.6 Å². The van der Waals surface area contributed by atoms with E-state index in [9.17, 15) is 31.8 Å². The standard InChI is InChI=1S/C22H18Cl2F3N3O6S.C5H11NO2/c1-10-5-12(3-4-16(10)18(31)28-19-11(2)30(20(32)33)37(34)35-19)17-9-21(36-29-17,22(25,26)27)13-6-14(23)8-15(24)7-13;1-5(2,3)8-4(6)7/h3-8,11,19H,9H2,1-2H3,(H,28,31)(H,32,33);1-3H3,(H2,6,7). The van der Waals surface area contributed by atoms with Gasteiger partial charge in [0.25, 0.3) is 22.8 Å². The van der Waals surface area contributed by atoms with Gasteiger partial charge >= 0.3 is 18.4 Å². The molecule has 1 fully saturated rings. The van der Waals surface area contributed by atoms with Crippen molar-refractivity contribution >= 4 is 58.3 Å². The zero-order chi connectivity index (χ0) is 34.1. The summed E-state index contributed by atoms with van der Waals surface area (Å²) in [6, 6.07) is 6.84. The summed E-state index contributed by atoms with van der Waals surface area (Å²) in [5.41, 5.74) is 1.96. The monoisotopic (exact) mass is 696 g/mol. The van der Waals surface area contributed by atoms with Crippen LogP contribution in [0.5, 0.6) is 0 Å². The van der Waals surface area contributed by atoms with E-state index in [2.05, 4.69) is 15.2 Å². The normalized spacial score (nSPS) is 22.9. The highest BCUT2D eigenvalue weighted by molar-refractivity contribution is 7.78. The van der Waals surface area contributed by atoms with Crippen molar-refractivity contribution in [3.8, 4) is 0 Å². The van der Waals surface area contributed by atoms with Crippen LogP contribution in [-0.4, -0.2) is 61.5 Å². The number of halogens is 5. The third kappa shape index (κ3) is 8.36. The van der Waals surface area contributed by atoms with Crippen LogP contribution in [0, 0.1) is 6.92 Å². The van der Waals surface area contributed by atoms with Crippen molar-refractivity contribution in [2.24, 2.45) is 10.9 Å². The summed E-state index contributed by atoms with van der Waals surface area (Å²) in [6.07, 6.45) is -8.89. The highest BCUT2D eigenvalue weighted by atomic mass is 35.5. The Labute approximate surface area is 268 Å². The third-order valence-electron chi connectivity index (χ3n) is 6.34. The van der Waals surface area contributed by atoms with Gasteiger partial charge in [-0.1, -0.05) is 34.4 Å². The Morgan fingerprint density at radius 3 is 2.20 bits per heavy atom. The highest BCUT2D eigenvalue weighted by Gasteiger charge is 2.62. The highest BCUT2D eigenvalue weighted by Crippen LogP contribution is 2.49. The van der Waals surface area contributed by atoms with E-state index in [0.29, 0.717) is 9.87 Å². The molecule has 0 spiro atoms. The summed E-state index contributed by atoms with van der Waals surface area (Å²) in [6.45, 7) is 8.26.